The van der Waals surface area contributed by atoms with Gasteiger partial charge in [-0.15, -0.1) is 12.4 Å². The number of halogens is 2. The molecular formula is C16H24ClFN2O2. The summed E-state index contributed by atoms with van der Waals surface area (Å²) < 4.78 is 19.8. The van der Waals surface area contributed by atoms with Gasteiger partial charge in [0.15, 0.2) is 0 Å². The lowest BCUT2D eigenvalue weighted by Crippen LogP contribution is -2.34. The number of benzene rings is 1. The van der Waals surface area contributed by atoms with E-state index in [1.165, 1.54) is 6.07 Å². The van der Waals surface area contributed by atoms with E-state index in [0.29, 0.717) is 5.75 Å². The molecule has 1 aromatic rings. The minimum Gasteiger partial charge on any atom is -0.490 e. The Kier molecular flexibility index (Phi) is 6.63. The van der Waals surface area contributed by atoms with Crippen LogP contribution < -0.4 is 15.4 Å². The van der Waals surface area contributed by atoms with Crippen LogP contribution in [0.2, 0.25) is 0 Å². The van der Waals surface area contributed by atoms with Gasteiger partial charge in [0.25, 0.3) is 0 Å². The van der Waals surface area contributed by atoms with Crippen molar-refractivity contribution in [2.75, 3.05) is 18.4 Å². The summed E-state index contributed by atoms with van der Waals surface area (Å²) in [5, 5.41) is 5.86. The van der Waals surface area contributed by atoms with Crippen molar-refractivity contribution in [3.63, 3.8) is 0 Å². The Morgan fingerprint density at radius 2 is 1.95 bits per heavy atom. The van der Waals surface area contributed by atoms with Crippen molar-refractivity contribution >= 4 is 24.0 Å². The molecule has 0 aromatic heterocycles. The highest BCUT2D eigenvalue weighted by molar-refractivity contribution is 5.94. The molecule has 1 aromatic carbocycles. The second kappa shape index (κ2) is 7.79. The van der Waals surface area contributed by atoms with Crippen molar-refractivity contribution in [3.8, 4) is 5.75 Å². The van der Waals surface area contributed by atoms with E-state index in [4.69, 9.17) is 4.74 Å². The van der Waals surface area contributed by atoms with E-state index in [9.17, 15) is 9.18 Å². The Balaban J connectivity index is 0.00000242. The number of hydrogen-bond donors (Lipinski definition) is 2. The molecule has 1 aliphatic rings. The minimum absolute atomic E-state index is 0. The first-order chi connectivity index (χ1) is 9.86. The standard InChI is InChI=1S/C16H23FN2O2.ClH/c1-16(2,3)15(20)19-14-5-4-12(10-13(14)17)21-11-6-8-18-9-7-11;/h4-5,10-11,18H,6-9H2,1-3H3,(H,19,20);1H. The van der Waals surface area contributed by atoms with Gasteiger partial charge in [-0.25, -0.2) is 4.39 Å². The zero-order valence-corrected chi connectivity index (χ0v) is 14.1. The molecule has 0 spiro atoms. The molecule has 1 fully saturated rings. The number of carbonyl (C=O) groups excluding carboxylic acids is 1. The summed E-state index contributed by atoms with van der Waals surface area (Å²) in [7, 11) is 0. The van der Waals surface area contributed by atoms with Crippen LogP contribution in [0.25, 0.3) is 0 Å². The summed E-state index contributed by atoms with van der Waals surface area (Å²) in [5.41, 5.74) is -0.371. The third-order valence-electron chi connectivity index (χ3n) is 3.46. The third-order valence-corrected chi connectivity index (χ3v) is 3.46. The number of piperidine rings is 1. The Bertz CT molecular complexity index is 511. The Morgan fingerprint density at radius 1 is 1.32 bits per heavy atom. The number of ether oxygens (including phenoxy) is 1. The Labute approximate surface area is 137 Å². The maximum atomic E-state index is 14.0. The SMILES string of the molecule is CC(C)(C)C(=O)Nc1ccc(OC2CCNCC2)cc1F.Cl. The van der Waals surface area contributed by atoms with Gasteiger partial charge in [0.05, 0.1) is 5.69 Å². The number of carbonyl (C=O) groups is 1. The summed E-state index contributed by atoms with van der Waals surface area (Å²) in [5.74, 6) is -0.180. The van der Waals surface area contributed by atoms with Gasteiger partial charge < -0.3 is 15.4 Å². The maximum absolute atomic E-state index is 14.0. The highest BCUT2D eigenvalue weighted by atomic mass is 35.5. The third kappa shape index (κ3) is 5.14. The van der Waals surface area contributed by atoms with Gasteiger partial charge in [0, 0.05) is 11.5 Å². The van der Waals surface area contributed by atoms with Crippen molar-refractivity contribution in [1.29, 1.82) is 0 Å². The van der Waals surface area contributed by atoms with Gasteiger partial charge in [-0.1, -0.05) is 20.8 Å². The average molecular weight is 331 g/mol. The summed E-state index contributed by atoms with van der Waals surface area (Å²) in [6, 6.07) is 4.58. The Morgan fingerprint density at radius 3 is 2.50 bits per heavy atom. The van der Waals surface area contributed by atoms with Crippen LogP contribution in [-0.4, -0.2) is 25.1 Å². The molecule has 6 heteroatoms. The molecule has 1 aliphatic heterocycles. The van der Waals surface area contributed by atoms with Crippen LogP contribution in [0.1, 0.15) is 33.6 Å². The average Bonchev–Trinajstić information content (AvgIpc) is 2.42. The fraction of sp³-hybridized carbons (Fsp3) is 0.562. The highest BCUT2D eigenvalue weighted by Gasteiger charge is 2.22. The number of anilines is 1. The van der Waals surface area contributed by atoms with Gasteiger partial charge in [0.2, 0.25) is 5.91 Å². The van der Waals surface area contributed by atoms with Gasteiger partial charge in [-0.05, 0) is 38.1 Å². The van der Waals surface area contributed by atoms with E-state index in [2.05, 4.69) is 10.6 Å². The minimum atomic E-state index is -0.559. The zero-order chi connectivity index (χ0) is 15.5. The molecule has 1 saturated heterocycles. The van der Waals surface area contributed by atoms with Crippen molar-refractivity contribution in [1.82, 2.24) is 5.32 Å². The number of nitrogens with one attached hydrogen (secondary N) is 2. The molecular weight excluding hydrogens is 307 g/mol. The van der Waals surface area contributed by atoms with Gasteiger partial charge >= 0.3 is 0 Å². The summed E-state index contributed by atoms with van der Waals surface area (Å²) in [4.78, 5) is 11.9. The molecule has 2 rings (SSSR count). The molecule has 124 valence electrons. The second-order valence-corrected chi connectivity index (χ2v) is 6.41. The normalized spacial score (nSPS) is 15.8. The predicted octanol–water partition coefficient (Wildman–Crippen LogP) is 3.36. The zero-order valence-electron chi connectivity index (χ0n) is 13.2. The first-order valence-electron chi connectivity index (χ1n) is 7.34. The fourth-order valence-electron chi connectivity index (χ4n) is 2.09. The van der Waals surface area contributed by atoms with Crippen LogP contribution in [0.5, 0.6) is 5.75 Å². The summed E-state index contributed by atoms with van der Waals surface area (Å²) in [6.07, 6.45) is 1.97. The highest BCUT2D eigenvalue weighted by Crippen LogP contribution is 2.25. The lowest BCUT2D eigenvalue weighted by Gasteiger charge is -2.24. The lowest BCUT2D eigenvalue weighted by molar-refractivity contribution is -0.123. The molecule has 0 aliphatic carbocycles. The fourth-order valence-corrected chi connectivity index (χ4v) is 2.09. The van der Waals surface area contributed by atoms with Crippen LogP contribution in [-0.2, 0) is 4.79 Å². The quantitative estimate of drug-likeness (QED) is 0.893. The summed E-state index contributed by atoms with van der Waals surface area (Å²) >= 11 is 0. The van der Waals surface area contributed by atoms with E-state index in [1.54, 1.807) is 32.9 Å². The molecule has 0 saturated carbocycles. The van der Waals surface area contributed by atoms with Crippen LogP contribution in [0, 0.1) is 11.2 Å². The lowest BCUT2D eigenvalue weighted by atomic mass is 9.95. The van der Waals surface area contributed by atoms with Gasteiger partial charge in [0.1, 0.15) is 17.7 Å². The van der Waals surface area contributed by atoms with Gasteiger partial charge in [-0.3, -0.25) is 4.79 Å². The van der Waals surface area contributed by atoms with Crippen molar-refractivity contribution < 1.29 is 13.9 Å². The van der Waals surface area contributed by atoms with E-state index in [1.807, 2.05) is 0 Å². The molecule has 4 nitrogen and oxygen atoms in total. The second-order valence-electron chi connectivity index (χ2n) is 6.41. The topological polar surface area (TPSA) is 50.4 Å². The first kappa shape index (κ1) is 18.7. The molecule has 2 N–H and O–H groups in total. The number of hydrogen-bond acceptors (Lipinski definition) is 3. The molecule has 0 atom stereocenters. The first-order valence-corrected chi connectivity index (χ1v) is 7.34. The van der Waals surface area contributed by atoms with Crippen LogP contribution in [0.15, 0.2) is 18.2 Å². The van der Waals surface area contributed by atoms with Crippen LogP contribution in [0.3, 0.4) is 0 Å². The van der Waals surface area contributed by atoms with Crippen molar-refractivity contribution in [2.24, 2.45) is 5.41 Å². The molecule has 1 heterocycles. The van der Waals surface area contributed by atoms with E-state index in [-0.39, 0.29) is 30.1 Å². The van der Waals surface area contributed by atoms with Crippen molar-refractivity contribution in [3.05, 3.63) is 24.0 Å². The maximum Gasteiger partial charge on any atom is 0.229 e. The molecule has 22 heavy (non-hydrogen) atoms. The molecule has 0 radical (unpaired) electrons. The molecule has 0 unspecified atom stereocenters. The van der Waals surface area contributed by atoms with Gasteiger partial charge in [-0.2, -0.15) is 0 Å². The summed E-state index contributed by atoms with van der Waals surface area (Å²) in [6.45, 7) is 7.21. The Hall–Kier alpha value is -1.33. The number of amides is 1. The monoisotopic (exact) mass is 330 g/mol. The number of rotatable bonds is 3. The predicted molar refractivity (Wildman–Crippen MR) is 88.3 cm³/mol. The van der Waals surface area contributed by atoms with Crippen LogP contribution >= 0.6 is 12.4 Å². The van der Waals surface area contributed by atoms with E-state index in [0.717, 1.165) is 25.9 Å². The molecule has 0 bridgehead atoms. The van der Waals surface area contributed by atoms with E-state index >= 15 is 0 Å². The van der Waals surface area contributed by atoms with Crippen molar-refractivity contribution in [2.45, 2.75) is 39.7 Å². The molecule has 1 amide bonds. The smallest absolute Gasteiger partial charge is 0.229 e. The largest absolute Gasteiger partial charge is 0.490 e. The van der Waals surface area contributed by atoms with E-state index < -0.39 is 11.2 Å². The van der Waals surface area contributed by atoms with Crippen LogP contribution in [0.4, 0.5) is 10.1 Å².